The van der Waals surface area contributed by atoms with Crippen LogP contribution in [0.15, 0.2) is 18.3 Å². The van der Waals surface area contributed by atoms with Crippen molar-refractivity contribution in [1.29, 1.82) is 0 Å². The zero-order valence-electron chi connectivity index (χ0n) is 10.9. The van der Waals surface area contributed by atoms with Gasteiger partial charge >= 0.3 is 5.97 Å². The summed E-state index contributed by atoms with van der Waals surface area (Å²) in [5, 5.41) is 11.6. The maximum absolute atomic E-state index is 12.6. The molecule has 1 aromatic heterocycles. The van der Waals surface area contributed by atoms with Gasteiger partial charge in [-0.2, -0.15) is 4.39 Å². The van der Waals surface area contributed by atoms with E-state index in [0.717, 1.165) is 12.3 Å². The number of halogens is 1. The maximum atomic E-state index is 12.6. The van der Waals surface area contributed by atoms with E-state index < -0.39 is 23.7 Å². The van der Waals surface area contributed by atoms with Crippen molar-refractivity contribution >= 4 is 11.9 Å². The second kappa shape index (κ2) is 6.82. The monoisotopic (exact) mass is 268 g/mol. The van der Waals surface area contributed by atoms with Gasteiger partial charge in [-0.3, -0.25) is 9.59 Å². The Morgan fingerprint density at radius 1 is 1.42 bits per heavy atom. The number of carbonyl (C=O) groups excluding carboxylic acids is 1. The summed E-state index contributed by atoms with van der Waals surface area (Å²) in [4.78, 5) is 26.1. The number of amides is 1. The molecule has 0 aliphatic rings. The first kappa shape index (κ1) is 15.1. The number of hydrogen-bond donors (Lipinski definition) is 2. The molecule has 0 fully saturated rings. The molecule has 2 N–H and O–H groups in total. The van der Waals surface area contributed by atoms with Crippen molar-refractivity contribution in [1.82, 2.24) is 10.3 Å². The minimum atomic E-state index is -0.939. The van der Waals surface area contributed by atoms with Crippen LogP contribution in [-0.4, -0.2) is 28.5 Å². The molecule has 6 heteroatoms. The molecule has 1 heterocycles. The van der Waals surface area contributed by atoms with E-state index >= 15 is 0 Å². The van der Waals surface area contributed by atoms with Gasteiger partial charge in [0.2, 0.25) is 5.95 Å². The third-order valence-corrected chi connectivity index (χ3v) is 2.60. The van der Waals surface area contributed by atoms with Crippen molar-refractivity contribution in [2.24, 2.45) is 11.8 Å². The number of rotatable bonds is 6. The van der Waals surface area contributed by atoms with Gasteiger partial charge < -0.3 is 10.4 Å². The van der Waals surface area contributed by atoms with Gasteiger partial charge in [0.1, 0.15) is 0 Å². The van der Waals surface area contributed by atoms with E-state index in [1.807, 2.05) is 13.8 Å². The van der Waals surface area contributed by atoms with Gasteiger partial charge in [-0.15, -0.1) is 0 Å². The third kappa shape index (κ3) is 5.03. The van der Waals surface area contributed by atoms with E-state index in [9.17, 15) is 14.0 Å². The first-order chi connectivity index (χ1) is 8.90. The standard InChI is InChI=1S/C13H17FN2O3/c1-8(2)5-10(13(18)19)7-16-12(17)9-3-4-11(14)15-6-9/h3-4,6,8,10H,5,7H2,1-2H3,(H,16,17)(H,18,19). The van der Waals surface area contributed by atoms with Crippen molar-refractivity contribution < 1.29 is 19.1 Å². The summed E-state index contributed by atoms with van der Waals surface area (Å²) in [5.74, 6) is -2.46. The number of nitrogens with one attached hydrogen (secondary N) is 1. The van der Waals surface area contributed by atoms with Crippen LogP contribution in [0.4, 0.5) is 4.39 Å². The van der Waals surface area contributed by atoms with Crippen LogP contribution in [0.5, 0.6) is 0 Å². The Labute approximate surface area is 110 Å². The Hall–Kier alpha value is -1.98. The predicted octanol–water partition coefficient (Wildman–Crippen LogP) is 1.70. The SMILES string of the molecule is CC(C)CC(CNC(=O)c1ccc(F)nc1)C(=O)O. The Bertz CT molecular complexity index is 446. The lowest BCUT2D eigenvalue weighted by molar-refractivity contribution is -0.142. The summed E-state index contributed by atoms with van der Waals surface area (Å²) < 4.78 is 12.6. The molecule has 1 amide bonds. The van der Waals surface area contributed by atoms with Crippen LogP contribution in [-0.2, 0) is 4.79 Å². The third-order valence-electron chi connectivity index (χ3n) is 2.60. The van der Waals surface area contributed by atoms with Crippen LogP contribution in [0.25, 0.3) is 0 Å². The van der Waals surface area contributed by atoms with E-state index in [-0.39, 0.29) is 18.0 Å². The number of nitrogens with zero attached hydrogens (tertiary/aromatic N) is 1. The summed E-state index contributed by atoms with van der Waals surface area (Å²) in [6, 6.07) is 2.38. The van der Waals surface area contributed by atoms with E-state index in [1.54, 1.807) is 0 Å². The number of hydrogen-bond acceptors (Lipinski definition) is 3. The lowest BCUT2D eigenvalue weighted by atomic mass is 9.97. The molecule has 0 radical (unpaired) electrons. The van der Waals surface area contributed by atoms with Gasteiger partial charge in [0.25, 0.3) is 5.91 Å². The van der Waals surface area contributed by atoms with Crippen molar-refractivity contribution in [2.45, 2.75) is 20.3 Å². The molecule has 1 atom stereocenters. The molecule has 1 aromatic rings. The fourth-order valence-corrected chi connectivity index (χ4v) is 1.67. The highest BCUT2D eigenvalue weighted by atomic mass is 19.1. The fraction of sp³-hybridized carbons (Fsp3) is 0.462. The van der Waals surface area contributed by atoms with Crippen LogP contribution in [0.1, 0.15) is 30.6 Å². The minimum Gasteiger partial charge on any atom is -0.481 e. The summed E-state index contributed by atoms with van der Waals surface area (Å²) >= 11 is 0. The molecular weight excluding hydrogens is 251 g/mol. The van der Waals surface area contributed by atoms with Gasteiger partial charge in [-0.1, -0.05) is 13.8 Å². The Balaban J connectivity index is 2.56. The van der Waals surface area contributed by atoms with E-state index in [2.05, 4.69) is 10.3 Å². The molecule has 0 aliphatic carbocycles. The number of carboxylic acid groups (broad SMARTS) is 1. The summed E-state index contributed by atoms with van der Waals surface area (Å²) in [6.45, 7) is 3.88. The highest BCUT2D eigenvalue weighted by Crippen LogP contribution is 2.11. The van der Waals surface area contributed by atoms with Crippen molar-refractivity contribution in [3.05, 3.63) is 29.8 Å². The first-order valence-corrected chi connectivity index (χ1v) is 6.02. The number of aromatic nitrogens is 1. The van der Waals surface area contributed by atoms with Gasteiger partial charge in [0.05, 0.1) is 11.5 Å². The normalized spacial score (nSPS) is 12.2. The van der Waals surface area contributed by atoms with E-state index in [0.29, 0.717) is 6.42 Å². The number of aliphatic carboxylic acids is 1. The molecule has 0 saturated carbocycles. The van der Waals surface area contributed by atoms with E-state index in [4.69, 9.17) is 5.11 Å². The molecule has 19 heavy (non-hydrogen) atoms. The average molecular weight is 268 g/mol. The topological polar surface area (TPSA) is 79.3 Å². The zero-order chi connectivity index (χ0) is 14.4. The van der Waals surface area contributed by atoms with Gasteiger partial charge in [-0.25, -0.2) is 4.98 Å². The molecule has 104 valence electrons. The van der Waals surface area contributed by atoms with Crippen molar-refractivity contribution in [3.8, 4) is 0 Å². The Kier molecular flexibility index (Phi) is 5.41. The summed E-state index contributed by atoms with van der Waals surface area (Å²) in [7, 11) is 0. The smallest absolute Gasteiger partial charge is 0.308 e. The van der Waals surface area contributed by atoms with Crippen LogP contribution in [0.2, 0.25) is 0 Å². The lowest BCUT2D eigenvalue weighted by Crippen LogP contribution is -2.33. The molecule has 1 unspecified atom stereocenters. The molecule has 0 aliphatic heterocycles. The van der Waals surface area contributed by atoms with Gasteiger partial charge in [-0.05, 0) is 24.5 Å². The number of carbonyl (C=O) groups is 2. The highest BCUT2D eigenvalue weighted by molar-refractivity contribution is 5.94. The minimum absolute atomic E-state index is 0.0454. The first-order valence-electron chi connectivity index (χ1n) is 6.02. The van der Waals surface area contributed by atoms with Crippen LogP contribution >= 0.6 is 0 Å². The quantitative estimate of drug-likeness (QED) is 0.770. The van der Waals surface area contributed by atoms with Crippen LogP contribution < -0.4 is 5.32 Å². The number of carboxylic acids is 1. The molecular formula is C13H17FN2O3. The summed E-state index contributed by atoms with van der Waals surface area (Å²) in [6.07, 6.45) is 1.60. The van der Waals surface area contributed by atoms with Gasteiger partial charge in [0.15, 0.2) is 0 Å². The molecule has 0 bridgehead atoms. The molecule has 1 rings (SSSR count). The molecule has 0 spiro atoms. The predicted molar refractivity (Wildman–Crippen MR) is 67.1 cm³/mol. The molecule has 0 saturated heterocycles. The lowest BCUT2D eigenvalue weighted by Gasteiger charge is -2.15. The van der Waals surface area contributed by atoms with Gasteiger partial charge in [0, 0.05) is 12.7 Å². The zero-order valence-corrected chi connectivity index (χ0v) is 10.9. The van der Waals surface area contributed by atoms with Crippen molar-refractivity contribution in [3.63, 3.8) is 0 Å². The van der Waals surface area contributed by atoms with E-state index in [1.165, 1.54) is 6.07 Å². The molecule has 0 aromatic carbocycles. The fourth-order valence-electron chi connectivity index (χ4n) is 1.67. The van der Waals surface area contributed by atoms with Crippen LogP contribution in [0, 0.1) is 17.8 Å². The van der Waals surface area contributed by atoms with Crippen molar-refractivity contribution in [2.75, 3.05) is 6.54 Å². The Morgan fingerprint density at radius 2 is 2.11 bits per heavy atom. The summed E-state index contributed by atoms with van der Waals surface area (Å²) in [5.41, 5.74) is 0.204. The average Bonchev–Trinajstić information content (AvgIpc) is 2.34. The highest BCUT2D eigenvalue weighted by Gasteiger charge is 2.20. The number of pyridine rings is 1. The Morgan fingerprint density at radius 3 is 2.58 bits per heavy atom. The largest absolute Gasteiger partial charge is 0.481 e. The van der Waals surface area contributed by atoms with Crippen LogP contribution in [0.3, 0.4) is 0 Å². The molecule has 5 nitrogen and oxygen atoms in total. The second-order valence-corrected chi connectivity index (χ2v) is 4.74. The maximum Gasteiger partial charge on any atom is 0.308 e. The second-order valence-electron chi connectivity index (χ2n) is 4.74.